The van der Waals surface area contributed by atoms with Crippen LogP contribution in [0.4, 0.5) is 0 Å². The van der Waals surface area contributed by atoms with E-state index in [0.29, 0.717) is 12.3 Å². The van der Waals surface area contributed by atoms with Crippen LogP contribution in [-0.4, -0.2) is 30.1 Å². The van der Waals surface area contributed by atoms with Crippen LogP contribution in [0.2, 0.25) is 0 Å². The number of rotatable bonds is 5. The van der Waals surface area contributed by atoms with E-state index in [-0.39, 0.29) is 11.5 Å². The zero-order valence-electron chi connectivity index (χ0n) is 11.3. The van der Waals surface area contributed by atoms with Gasteiger partial charge in [-0.3, -0.25) is 4.99 Å². The highest BCUT2D eigenvalue weighted by atomic mass is 16.5. The number of phenolic OH excluding ortho intramolecular Hbond substituents is 2. The van der Waals surface area contributed by atoms with Crippen molar-refractivity contribution in [3.8, 4) is 17.2 Å². The van der Waals surface area contributed by atoms with Gasteiger partial charge >= 0.3 is 0 Å². The molecule has 0 spiro atoms. The number of nitrogens with zero attached hydrogens (tertiary/aromatic N) is 1. The van der Waals surface area contributed by atoms with Crippen LogP contribution in [0.3, 0.4) is 0 Å². The molecule has 2 rings (SSSR count). The molecule has 0 saturated carbocycles. The largest absolute Gasteiger partial charge is 0.508 e. The Bertz CT molecular complexity index is 591. The number of benzene rings is 2. The van der Waals surface area contributed by atoms with E-state index < -0.39 is 0 Å². The lowest BCUT2D eigenvalue weighted by molar-refractivity contribution is 0.373. The van der Waals surface area contributed by atoms with Crippen molar-refractivity contribution < 1.29 is 14.9 Å². The van der Waals surface area contributed by atoms with Crippen LogP contribution in [0.1, 0.15) is 11.1 Å². The molecule has 4 nitrogen and oxygen atoms in total. The van der Waals surface area contributed by atoms with Crippen LogP contribution < -0.4 is 4.74 Å². The summed E-state index contributed by atoms with van der Waals surface area (Å²) in [4.78, 5) is 4.34. The first kappa shape index (κ1) is 13.9. The van der Waals surface area contributed by atoms with E-state index >= 15 is 0 Å². The summed E-state index contributed by atoms with van der Waals surface area (Å²) in [6.45, 7) is 0.661. The van der Waals surface area contributed by atoms with Gasteiger partial charge in [-0.2, -0.15) is 0 Å². The average Bonchev–Trinajstić information content (AvgIpc) is 2.47. The standard InChI is InChI=1S/C16H17NO3/c1-20-16-10-13(4-7-15(16)19)11-17-9-8-12-2-5-14(18)6-3-12/h2-7,10-11,18-19H,8-9H2,1H3. The SMILES string of the molecule is COc1cc(C=NCCc2ccc(O)cc2)ccc1O. The molecule has 0 aromatic heterocycles. The summed E-state index contributed by atoms with van der Waals surface area (Å²) in [6.07, 6.45) is 2.56. The normalized spacial score (nSPS) is 10.8. The summed E-state index contributed by atoms with van der Waals surface area (Å²) in [5.74, 6) is 0.828. The number of phenols is 2. The molecular formula is C16H17NO3. The van der Waals surface area contributed by atoms with E-state index in [1.807, 2.05) is 12.1 Å². The summed E-state index contributed by atoms with van der Waals surface area (Å²) in [6, 6.07) is 12.2. The Balaban J connectivity index is 1.91. The van der Waals surface area contributed by atoms with E-state index in [1.54, 1.807) is 36.5 Å². The molecule has 0 aliphatic carbocycles. The molecule has 0 bridgehead atoms. The van der Waals surface area contributed by atoms with Crippen molar-refractivity contribution in [1.29, 1.82) is 0 Å². The lowest BCUT2D eigenvalue weighted by Gasteiger charge is -2.03. The molecule has 0 aliphatic rings. The molecule has 0 radical (unpaired) electrons. The number of hydrogen-bond donors (Lipinski definition) is 2. The molecule has 0 unspecified atom stereocenters. The van der Waals surface area contributed by atoms with Gasteiger partial charge in [0.1, 0.15) is 5.75 Å². The number of aliphatic imine (C=N–C) groups is 1. The average molecular weight is 271 g/mol. The van der Waals surface area contributed by atoms with Crippen molar-refractivity contribution in [1.82, 2.24) is 0 Å². The van der Waals surface area contributed by atoms with Gasteiger partial charge in [-0.1, -0.05) is 12.1 Å². The monoisotopic (exact) mass is 271 g/mol. The van der Waals surface area contributed by atoms with Crippen molar-refractivity contribution in [2.24, 2.45) is 4.99 Å². The molecule has 20 heavy (non-hydrogen) atoms. The maximum absolute atomic E-state index is 9.49. The van der Waals surface area contributed by atoms with Crippen molar-refractivity contribution in [3.05, 3.63) is 53.6 Å². The van der Waals surface area contributed by atoms with Crippen LogP contribution >= 0.6 is 0 Å². The van der Waals surface area contributed by atoms with Crippen LogP contribution in [0.15, 0.2) is 47.5 Å². The van der Waals surface area contributed by atoms with Gasteiger partial charge in [0, 0.05) is 12.8 Å². The molecule has 0 heterocycles. The summed E-state index contributed by atoms with van der Waals surface area (Å²) in [7, 11) is 1.51. The van der Waals surface area contributed by atoms with E-state index in [2.05, 4.69) is 4.99 Å². The van der Waals surface area contributed by atoms with Crippen LogP contribution in [-0.2, 0) is 6.42 Å². The quantitative estimate of drug-likeness (QED) is 0.822. The number of aromatic hydroxyl groups is 2. The topological polar surface area (TPSA) is 62.0 Å². The molecule has 0 saturated heterocycles. The summed E-state index contributed by atoms with van der Waals surface area (Å²) < 4.78 is 5.04. The van der Waals surface area contributed by atoms with Crippen LogP contribution in [0.5, 0.6) is 17.2 Å². The minimum Gasteiger partial charge on any atom is -0.508 e. The second-order valence-corrected chi connectivity index (χ2v) is 4.38. The third-order valence-corrected chi connectivity index (χ3v) is 2.91. The second-order valence-electron chi connectivity index (χ2n) is 4.38. The molecule has 0 atom stereocenters. The fourth-order valence-electron chi connectivity index (χ4n) is 1.80. The molecule has 0 aliphatic heterocycles. The van der Waals surface area contributed by atoms with E-state index in [4.69, 9.17) is 4.74 Å². The van der Waals surface area contributed by atoms with Crippen molar-refractivity contribution in [2.45, 2.75) is 6.42 Å². The minimum atomic E-state index is 0.119. The number of ether oxygens (including phenoxy) is 1. The van der Waals surface area contributed by atoms with Crippen molar-refractivity contribution >= 4 is 6.21 Å². The van der Waals surface area contributed by atoms with Gasteiger partial charge in [-0.05, 0) is 47.9 Å². The van der Waals surface area contributed by atoms with Gasteiger partial charge in [-0.25, -0.2) is 0 Å². The first-order valence-corrected chi connectivity index (χ1v) is 6.34. The maximum Gasteiger partial charge on any atom is 0.161 e. The molecule has 2 N–H and O–H groups in total. The van der Waals surface area contributed by atoms with Gasteiger partial charge in [-0.15, -0.1) is 0 Å². The van der Waals surface area contributed by atoms with E-state index in [1.165, 1.54) is 7.11 Å². The van der Waals surface area contributed by atoms with Crippen molar-refractivity contribution in [3.63, 3.8) is 0 Å². The van der Waals surface area contributed by atoms with Crippen molar-refractivity contribution in [2.75, 3.05) is 13.7 Å². The Kier molecular flexibility index (Phi) is 4.60. The third-order valence-electron chi connectivity index (χ3n) is 2.91. The summed E-state index contributed by atoms with van der Waals surface area (Å²) in [5, 5.41) is 18.7. The minimum absolute atomic E-state index is 0.119. The lowest BCUT2D eigenvalue weighted by Crippen LogP contribution is -1.91. The third kappa shape index (κ3) is 3.75. The Morgan fingerprint density at radius 2 is 1.85 bits per heavy atom. The van der Waals surface area contributed by atoms with Gasteiger partial charge in [0.2, 0.25) is 0 Å². The molecule has 2 aromatic rings. The highest BCUT2D eigenvalue weighted by molar-refractivity contribution is 5.80. The second kappa shape index (κ2) is 6.61. The zero-order valence-corrected chi connectivity index (χ0v) is 11.3. The van der Waals surface area contributed by atoms with E-state index in [0.717, 1.165) is 17.5 Å². The first-order chi connectivity index (χ1) is 9.69. The van der Waals surface area contributed by atoms with Gasteiger partial charge in [0.25, 0.3) is 0 Å². The lowest BCUT2D eigenvalue weighted by atomic mass is 10.1. The number of methoxy groups -OCH3 is 1. The Morgan fingerprint density at radius 3 is 2.55 bits per heavy atom. The Morgan fingerprint density at radius 1 is 1.10 bits per heavy atom. The molecule has 104 valence electrons. The maximum atomic E-state index is 9.49. The first-order valence-electron chi connectivity index (χ1n) is 6.34. The highest BCUT2D eigenvalue weighted by Gasteiger charge is 2.00. The Labute approximate surface area is 118 Å². The van der Waals surface area contributed by atoms with Gasteiger partial charge in [0.05, 0.1) is 7.11 Å². The fraction of sp³-hybridized carbons (Fsp3) is 0.188. The molecule has 0 fully saturated rings. The predicted molar refractivity (Wildman–Crippen MR) is 78.9 cm³/mol. The highest BCUT2D eigenvalue weighted by Crippen LogP contribution is 2.25. The number of hydrogen-bond acceptors (Lipinski definition) is 4. The van der Waals surface area contributed by atoms with Gasteiger partial charge in [0.15, 0.2) is 11.5 Å². The van der Waals surface area contributed by atoms with Crippen LogP contribution in [0, 0.1) is 0 Å². The smallest absolute Gasteiger partial charge is 0.161 e. The van der Waals surface area contributed by atoms with Crippen LogP contribution in [0.25, 0.3) is 0 Å². The molecule has 4 heteroatoms. The molecule has 0 amide bonds. The zero-order chi connectivity index (χ0) is 14.4. The fourth-order valence-corrected chi connectivity index (χ4v) is 1.80. The molecular weight excluding hydrogens is 254 g/mol. The predicted octanol–water partition coefficient (Wildman–Crippen LogP) is 2.77. The van der Waals surface area contributed by atoms with Gasteiger partial charge < -0.3 is 14.9 Å². The van der Waals surface area contributed by atoms with E-state index in [9.17, 15) is 10.2 Å². The molecule has 2 aromatic carbocycles. The summed E-state index contributed by atoms with van der Waals surface area (Å²) >= 11 is 0. The summed E-state index contributed by atoms with van der Waals surface area (Å²) in [5.41, 5.74) is 2.01. The Hall–Kier alpha value is -2.49.